The molecule has 0 aromatic heterocycles. The lowest BCUT2D eigenvalue weighted by Gasteiger charge is -2.38. The van der Waals surface area contributed by atoms with Gasteiger partial charge in [0.15, 0.2) is 8.32 Å². The summed E-state index contributed by atoms with van der Waals surface area (Å²) >= 11 is 0. The summed E-state index contributed by atoms with van der Waals surface area (Å²) < 4.78 is 6.53. The summed E-state index contributed by atoms with van der Waals surface area (Å²) in [7, 11) is -1.05. The minimum absolute atomic E-state index is 0.361. The van der Waals surface area contributed by atoms with E-state index < -0.39 is 16.1 Å². The Morgan fingerprint density at radius 1 is 0.944 bits per heavy atom. The lowest BCUT2D eigenvalue weighted by atomic mass is 9.76. The van der Waals surface area contributed by atoms with E-state index in [9.17, 15) is 0 Å². The molecule has 0 amide bonds. The van der Waals surface area contributed by atoms with Gasteiger partial charge in [-0.1, -0.05) is 53.6 Å². The van der Waals surface area contributed by atoms with Crippen LogP contribution in [0.5, 0.6) is 0 Å². The molecule has 1 rings (SSSR count). The summed E-state index contributed by atoms with van der Waals surface area (Å²) in [5.41, 5.74) is 1.81. The zero-order valence-corrected chi connectivity index (χ0v) is 16.3. The molecule has 0 aromatic carbocycles. The highest BCUT2D eigenvalue weighted by molar-refractivity contribution is 7.81. The SMILES string of the molecule is CC1(C(O[Si](C)(C)C)=P[Si](C)(C)C)CCCCC1. The maximum absolute atomic E-state index is 6.53. The van der Waals surface area contributed by atoms with Crippen LogP contribution in [0, 0.1) is 5.41 Å². The molecule has 0 N–H and O–H groups in total. The second-order valence-electron chi connectivity index (χ2n) is 7.92. The normalized spacial score (nSPS) is 22.1. The molecule has 0 saturated heterocycles. The van der Waals surface area contributed by atoms with Crippen molar-refractivity contribution >= 4 is 29.3 Å². The van der Waals surface area contributed by atoms with Crippen molar-refractivity contribution in [1.29, 1.82) is 0 Å². The Balaban J connectivity index is 3.00. The molecular formula is C14H31OPSi2. The molecule has 0 bridgehead atoms. The van der Waals surface area contributed by atoms with Crippen molar-refractivity contribution in [3.8, 4) is 0 Å². The largest absolute Gasteiger partial charge is 0.385 e. The highest BCUT2D eigenvalue weighted by Crippen LogP contribution is 2.41. The van der Waals surface area contributed by atoms with E-state index in [1.165, 1.54) is 45.3 Å². The molecule has 0 unspecified atom stereocenters. The maximum Gasteiger partial charge on any atom is 0.191 e. The molecule has 0 atom stereocenters. The van der Waals surface area contributed by atoms with E-state index in [0.29, 0.717) is 5.41 Å². The van der Waals surface area contributed by atoms with Gasteiger partial charge in [-0.25, -0.2) is 0 Å². The van der Waals surface area contributed by atoms with Crippen molar-refractivity contribution in [2.75, 3.05) is 0 Å². The standard InChI is InChI=1S/C14H31OPSi2/c1-14(11-9-8-10-12-14)13(15-17(2,3)4)16-18(5,6)7/h8-12H2,1-7H3. The molecule has 1 nitrogen and oxygen atoms in total. The molecule has 1 aliphatic rings. The highest BCUT2D eigenvalue weighted by Gasteiger charge is 2.35. The Morgan fingerprint density at radius 3 is 1.83 bits per heavy atom. The second kappa shape index (κ2) is 5.91. The van der Waals surface area contributed by atoms with Gasteiger partial charge >= 0.3 is 0 Å². The zero-order chi connectivity index (χ0) is 14.0. The molecule has 0 heterocycles. The fourth-order valence-corrected chi connectivity index (χ4v) is 8.40. The van der Waals surface area contributed by atoms with Gasteiger partial charge in [0.05, 0.1) is 5.48 Å². The number of hydrogen-bond acceptors (Lipinski definition) is 1. The van der Waals surface area contributed by atoms with Crippen LogP contribution in [0.15, 0.2) is 0 Å². The summed E-state index contributed by atoms with van der Waals surface area (Å²) in [6.45, 7) is 16.8. The van der Waals surface area contributed by atoms with E-state index in [-0.39, 0.29) is 0 Å². The molecule has 18 heavy (non-hydrogen) atoms. The van der Waals surface area contributed by atoms with Gasteiger partial charge in [0.1, 0.15) is 7.74 Å². The average Bonchev–Trinajstić information content (AvgIpc) is 2.13. The summed E-state index contributed by atoms with van der Waals surface area (Å²) in [4.78, 5) is 0. The summed E-state index contributed by atoms with van der Waals surface area (Å²) in [6, 6.07) is 0. The lowest BCUT2D eigenvalue weighted by molar-refractivity contribution is 0.279. The van der Waals surface area contributed by atoms with Crippen LogP contribution in [0.25, 0.3) is 0 Å². The van der Waals surface area contributed by atoms with Gasteiger partial charge in [0, 0.05) is 5.41 Å². The first-order chi connectivity index (χ1) is 8.02. The molecule has 1 aliphatic carbocycles. The van der Waals surface area contributed by atoms with Gasteiger partial charge in [-0.2, -0.15) is 0 Å². The predicted octanol–water partition coefficient (Wildman–Crippen LogP) is 5.72. The van der Waals surface area contributed by atoms with Crippen molar-refractivity contribution in [2.45, 2.75) is 78.3 Å². The van der Waals surface area contributed by atoms with Crippen molar-refractivity contribution in [3.63, 3.8) is 0 Å². The minimum atomic E-state index is -1.47. The van der Waals surface area contributed by atoms with Crippen LogP contribution in [0.4, 0.5) is 0 Å². The fraction of sp³-hybridized carbons (Fsp3) is 0.929. The van der Waals surface area contributed by atoms with Gasteiger partial charge in [0.25, 0.3) is 0 Å². The van der Waals surface area contributed by atoms with Crippen molar-refractivity contribution < 1.29 is 4.43 Å². The molecule has 4 heteroatoms. The van der Waals surface area contributed by atoms with E-state index in [4.69, 9.17) is 4.43 Å². The Morgan fingerprint density at radius 2 is 1.44 bits per heavy atom. The van der Waals surface area contributed by atoms with Gasteiger partial charge in [-0.05, 0) is 32.5 Å². The van der Waals surface area contributed by atoms with Crippen LogP contribution < -0.4 is 0 Å². The molecule has 106 valence electrons. The van der Waals surface area contributed by atoms with Gasteiger partial charge in [-0.3, -0.25) is 0 Å². The van der Waals surface area contributed by atoms with Crippen LogP contribution in [0.3, 0.4) is 0 Å². The molecule has 0 aromatic rings. The first-order valence-electron chi connectivity index (χ1n) is 7.31. The predicted molar refractivity (Wildman–Crippen MR) is 90.9 cm³/mol. The van der Waals surface area contributed by atoms with E-state index in [1.807, 2.05) is 0 Å². The summed E-state index contributed by atoms with van der Waals surface area (Å²) in [6.07, 6.45) is 6.86. The van der Waals surface area contributed by atoms with E-state index in [0.717, 1.165) is 0 Å². The monoisotopic (exact) mass is 302 g/mol. The lowest BCUT2D eigenvalue weighted by Crippen LogP contribution is -2.39. The first-order valence-corrected chi connectivity index (χ1v) is 16.0. The maximum atomic E-state index is 6.53. The van der Waals surface area contributed by atoms with Crippen LogP contribution in [0.2, 0.25) is 39.3 Å². The zero-order valence-electron chi connectivity index (χ0n) is 13.4. The highest BCUT2D eigenvalue weighted by atomic mass is 31.3. The molecule has 1 fully saturated rings. The smallest absolute Gasteiger partial charge is 0.191 e. The van der Waals surface area contributed by atoms with Crippen molar-refractivity contribution in [3.05, 3.63) is 0 Å². The van der Waals surface area contributed by atoms with Gasteiger partial charge in [0.2, 0.25) is 0 Å². The third-order valence-corrected chi connectivity index (χ3v) is 8.43. The second-order valence-corrected chi connectivity index (χ2v) is 22.0. The van der Waals surface area contributed by atoms with Gasteiger partial charge < -0.3 is 4.43 Å². The van der Waals surface area contributed by atoms with Crippen LogP contribution in [-0.4, -0.2) is 21.5 Å². The van der Waals surface area contributed by atoms with Gasteiger partial charge in [-0.15, -0.1) is 0 Å². The van der Waals surface area contributed by atoms with Crippen LogP contribution in [0.1, 0.15) is 39.0 Å². The topological polar surface area (TPSA) is 9.23 Å². The third-order valence-electron chi connectivity index (χ3n) is 3.31. The molecule has 1 saturated carbocycles. The van der Waals surface area contributed by atoms with E-state index in [1.54, 1.807) is 0 Å². The van der Waals surface area contributed by atoms with Crippen molar-refractivity contribution in [2.24, 2.45) is 5.41 Å². The molecule has 0 aliphatic heterocycles. The van der Waals surface area contributed by atoms with E-state index >= 15 is 0 Å². The van der Waals surface area contributed by atoms with Crippen LogP contribution in [-0.2, 0) is 4.43 Å². The Kier molecular flexibility index (Phi) is 5.45. The summed E-state index contributed by atoms with van der Waals surface area (Å²) in [5, 5.41) is 0. The van der Waals surface area contributed by atoms with Crippen molar-refractivity contribution in [1.82, 2.24) is 0 Å². The summed E-state index contributed by atoms with van der Waals surface area (Å²) in [5.74, 6) is 0. The fourth-order valence-electron chi connectivity index (χ4n) is 2.42. The molecule has 0 spiro atoms. The first kappa shape index (κ1) is 16.6. The quantitative estimate of drug-likeness (QED) is 0.477. The third kappa shape index (κ3) is 5.69. The van der Waals surface area contributed by atoms with E-state index in [2.05, 4.69) is 46.2 Å². The molecular weight excluding hydrogens is 271 g/mol. The van der Waals surface area contributed by atoms with Crippen LogP contribution >= 0.6 is 7.75 Å². The molecule has 0 radical (unpaired) electrons. The Bertz CT molecular complexity index is 307. The average molecular weight is 303 g/mol. The minimum Gasteiger partial charge on any atom is -0.385 e. The Labute approximate surface area is 118 Å². The number of rotatable bonds is 4. The number of hydrogen-bond donors (Lipinski definition) is 0. The Hall–Kier alpha value is 0.564.